The van der Waals surface area contributed by atoms with E-state index in [4.69, 9.17) is 4.74 Å². The Kier molecular flexibility index (Phi) is 6.03. The molecule has 0 aliphatic heterocycles. The van der Waals surface area contributed by atoms with E-state index in [0.29, 0.717) is 22.5 Å². The third-order valence-electron chi connectivity index (χ3n) is 3.71. The van der Waals surface area contributed by atoms with Gasteiger partial charge in [0.05, 0.1) is 5.69 Å². The Balaban J connectivity index is 2.02. The molecule has 2 rings (SSSR count). The van der Waals surface area contributed by atoms with E-state index >= 15 is 0 Å². The molecule has 0 aliphatic rings. The van der Waals surface area contributed by atoms with Crippen LogP contribution in [-0.4, -0.2) is 35.5 Å². The number of aryl methyl sites for hydroxylation is 1. The molecule has 0 aliphatic carbocycles. The number of H-pyrrole nitrogens is 1. The lowest BCUT2D eigenvalue weighted by atomic mass is 10.1. The fraction of sp³-hybridized carbons (Fsp3) is 0.278. The number of aromatic amines is 1. The topological polar surface area (TPSA) is 88.3 Å². The van der Waals surface area contributed by atoms with Gasteiger partial charge in [-0.25, -0.2) is 4.79 Å². The summed E-state index contributed by atoms with van der Waals surface area (Å²) in [6.45, 7) is 4.42. The van der Waals surface area contributed by atoms with Crippen molar-refractivity contribution >= 4 is 35.1 Å². The maximum Gasteiger partial charge on any atom is 0.355 e. The lowest BCUT2D eigenvalue weighted by Crippen LogP contribution is -2.21. The van der Waals surface area contributed by atoms with E-state index in [1.54, 1.807) is 19.9 Å². The van der Waals surface area contributed by atoms with Crippen LogP contribution in [0.5, 0.6) is 0 Å². The molecule has 1 aromatic heterocycles. The second-order valence-corrected chi connectivity index (χ2v) is 6.35. The van der Waals surface area contributed by atoms with Crippen molar-refractivity contribution in [2.24, 2.45) is 0 Å². The summed E-state index contributed by atoms with van der Waals surface area (Å²) in [7, 11) is 0. The molecule has 2 aromatic rings. The third-order valence-corrected chi connectivity index (χ3v) is 4.50. The van der Waals surface area contributed by atoms with Gasteiger partial charge >= 0.3 is 5.97 Å². The predicted octanol–water partition coefficient (Wildman–Crippen LogP) is 3.35. The average Bonchev–Trinajstić information content (AvgIpc) is 2.87. The summed E-state index contributed by atoms with van der Waals surface area (Å²) in [6, 6.07) is 7.37. The van der Waals surface area contributed by atoms with Crippen LogP contribution in [0.2, 0.25) is 0 Å². The minimum atomic E-state index is -0.665. The number of aromatic nitrogens is 1. The highest BCUT2D eigenvalue weighted by Crippen LogP contribution is 2.24. The largest absolute Gasteiger partial charge is 0.451 e. The minimum absolute atomic E-state index is 0.128. The molecule has 0 saturated carbocycles. The monoisotopic (exact) mass is 360 g/mol. The molecule has 0 radical (unpaired) electrons. The van der Waals surface area contributed by atoms with Crippen molar-refractivity contribution in [3.05, 3.63) is 46.8 Å². The highest BCUT2D eigenvalue weighted by molar-refractivity contribution is 7.98. The summed E-state index contributed by atoms with van der Waals surface area (Å²) in [6.07, 6.45) is 1.91. The molecule has 0 fully saturated rings. The number of benzene rings is 1. The van der Waals surface area contributed by atoms with Crippen molar-refractivity contribution in [1.82, 2.24) is 4.98 Å². The summed E-state index contributed by atoms with van der Waals surface area (Å²) in [5, 5.41) is 2.72. The van der Waals surface area contributed by atoms with Crippen LogP contribution >= 0.6 is 11.8 Å². The number of thioether (sulfide) groups is 1. The van der Waals surface area contributed by atoms with Crippen LogP contribution in [0.1, 0.15) is 39.0 Å². The zero-order valence-corrected chi connectivity index (χ0v) is 15.4. The molecule has 2 N–H and O–H groups in total. The van der Waals surface area contributed by atoms with Gasteiger partial charge in [-0.3, -0.25) is 9.59 Å². The van der Waals surface area contributed by atoms with E-state index in [9.17, 15) is 14.4 Å². The van der Waals surface area contributed by atoms with Crippen molar-refractivity contribution in [2.45, 2.75) is 25.7 Å². The number of carbonyl (C=O) groups excluding carboxylic acids is 3. The van der Waals surface area contributed by atoms with Gasteiger partial charge in [0.2, 0.25) is 0 Å². The van der Waals surface area contributed by atoms with Crippen LogP contribution in [0.4, 0.5) is 5.69 Å². The van der Waals surface area contributed by atoms with Crippen LogP contribution < -0.4 is 5.32 Å². The Bertz CT molecular complexity index is 826. The Hall–Kier alpha value is -2.54. The molecule has 0 saturated heterocycles. The number of para-hydroxylation sites is 1. The van der Waals surface area contributed by atoms with Crippen LogP contribution in [0.15, 0.2) is 29.2 Å². The number of Topliss-reactive ketones (excluding diaryl/α,β-unsaturated/α-hetero) is 1. The number of ether oxygens (including phenoxy) is 1. The molecule has 0 spiro atoms. The quantitative estimate of drug-likeness (QED) is 0.468. The van der Waals surface area contributed by atoms with E-state index in [-0.39, 0.29) is 11.5 Å². The Labute approximate surface area is 150 Å². The highest BCUT2D eigenvalue weighted by atomic mass is 32.2. The lowest BCUT2D eigenvalue weighted by Gasteiger charge is -2.09. The maximum absolute atomic E-state index is 12.2. The van der Waals surface area contributed by atoms with Crippen molar-refractivity contribution < 1.29 is 19.1 Å². The summed E-state index contributed by atoms with van der Waals surface area (Å²) >= 11 is 1.51. The molecular weight excluding hydrogens is 340 g/mol. The van der Waals surface area contributed by atoms with Crippen molar-refractivity contribution in [2.75, 3.05) is 18.2 Å². The molecule has 1 amide bonds. The van der Waals surface area contributed by atoms with E-state index in [2.05, 4.69) is 10.3 Å². The molecule has 0 unspecified atom stereocenters. The Morgan fingerprint density at radius 2 is 1.88 bits per heavy atom. The predicted molar refractivity (Wildman–Crippen MR) is 97.4 cm³/mol. The first-order valence-corrected chi connectivity index (χ1v) is 8.87. The van der Waals surface area contributed by atoms with Gasteiger partial charge in [0, 0.05) is 16.2 Å². The number of carbonyl (C=O) groups is 3. The van der Waals surface area contributed by atoms with Gasteiger partial charge in [0.1, 0.15) is 5.69 Å². The first-order valence-electron chi connectivity index (χ1n) is 7.65. The zero-order chi connectivity index (χ0) is 18.6. The second-order valence-electron chi connectivity index (χ2n) is 5.51. The molecule has 132 valence electrons. The van der Waals surface area contributed by atoms with Crippen molar-refractivity contribution in [3.8, 4) is 0 Å². The molecule has 0 bridgehead atoms. The number of anilines is 1. The van der Waals surface area contributed by atoms with Gasteiger partial charge in [-0.1, -0.05) is 12.1 Å². The zero-order valence-electron chi connectivity index (χ0n) is 14.6. The number of hydrogen-bond donors (Lipinski definition) is 2. The SMILES string of the molecule is CSc1ccccc1NC(=O)COC(=O)c1[nH]c(C)c(C(C)=O)c1C. The number of hydrogen-bond acceptors (Lipinski definition) is 5. The van der Waals surface area contributed by atoms with Gasteiger partial charge in [0.15, 0.2) is 12.4 Å². The Morgan fingerprint density at radius 3 is 2.48 bits per heavy atom. The number of rotatable bonds is 6. The highest BCUT2D eigenvalue weighted by Gasteiger charge is 2.21. The van der Waals surface area contributed by atoms with E-state index in [0.717, 1.165) is 4.90 Å². The molecule has 0 atom stereocenters. The number of amides is 1. The van der Waals surface area contributed by atoms with Gasteiger partial charge in [-0.15, -0.1) is 11.8 Å². The first kappa shape index (κ1) is 18.8. The number of nitrogens with one attached hydrogen (secondary N) is 2. The lowest BCUT2D eigenvalue weighted by molar-refractivity contribution is -0.119. The van der Waals surface area contributed by atoms with E-state index in [1.807, 2.05) is 24.5 Å². The number of esters is 1. The summed E-state index contributed by atoms with van der Waals surface area (Å²) < 4.78 is 5.06. The maximum atomic E-state index is 12.2. The molecule has 1 heterocycles. The van der Waals surface area contributed by atoms with Crippen LogP contribution in [0.25, 0.3) is 0 Å². The summed E-state index contributed by atoms with van der Waals surface area (Å²) in [5.41, 5.74) is 2.48. The minimum Gasteiger partial charge on any atom is -0.451 e. The Morgan fingerprint density at radius 1 is 1.20 bits per heavy atom. The van der Waals surface area contributed by atoms with E-state index < -0.39 is 18.5 Å². The normalized spacial score (nSPS) is 10.4. The van der Waals surface area contributed by atoms with Crippen LogP contribution in [0, 0.1) is 13.8 Å². The second kappa shape index (κ2) is 8.02. The van der Waals surface area contributed by atoms with Gasteiger partial charge < -0.3 is 15.0 Å². The summed E-state index contributed by atoms with van der Waals surface area (Å²) in [4.78, 5) is 39.6. The van der Waals surface area contributed by atoms with Crippen molar-refractivity contribution in [3.63, 3.8) is 0 Å². The standard InChI is InChI=1S/C18H20N2O4S/c1-10-16(12(3)21)11(2)19-17(10)18(23)24-9-15(22)20-13-7-5-6-8-14(13)25-4/h5-8,19H,9H2,1-4H3,(H,20,22). The van der Waals surface area contributed by atoms with Crippen LogP contribution in [0.3, 0.4) is 0 Å². The smallest absolute Gasteiger partial charge is 0.355 e. The van der Waals surface area contributed by atoms with Crippen molar-refractivity contribution in [1.29, 1.82) is 0 Å². The van der Waals surface area contributed by atoms with Gasteiger partial charge in [0.25, 0.3) is 5.91 Å². The molecule has 1 aromatic carbocycles. The molecule has 6 nitrogen and oxygen atoms in total. The fourth-order valence-electron chi connectivity index (χ4n) is 2.62. The van der Waals surface area contributed by atoms with Gasteiger partial charge in [-0.2, -0.15) is 0 Å². The average molecular weight is 360 g/mol. The van der Waals surface area contributed by atoms with E-state index in [1.165, 1.54) is 18.7 Å². The van der Waals surface area contributed by atoms with Gasteiger partial charge in [-0.05, 0) is 44.7 Å². The molecular formula is C18H20N2O4S. The fourth-order valence-corrected chi connectivity index (χ4v) is 3.17. The van der Waals surface area contributed by atoms with Crippen LogP contribution in [-0.2, 0) is 9.53 Å². The molecule has 7 heteroatoms. The number of ketones is 1. The third kappa shape index (κ3) is 4.30. The first-order chi connectivity index (χ1) is 11.8. The summed E-state index contributed by atoms with van der Waals surface area (Å²) in [5.74, 6) is -1.22. The molecule has 25 heavy (non-hydrogen) atoms.